The molecule has 1 aromatic carbocycles. The molecule has 2 rings (SSSR count). The van der Waals surface area contributed by atoms with Gasteiger partial charge in [0.15, 0.2) is 5.13 Å². The number of halogens is 1. The van der Waals surface area contributed by atoms with Gasteiger partial charge in [-0.05, 0) is 31.0 Å². The summed E-state index contributed by atoms with van der Waals surface area (Å²) in [6.07, 6.45) is 3.30. The van der Waals surface area contributed by atoms with Crippen LogP contribution in [0.5, 0.6) is 10.8 Å². The minimum absolute atomic E-state index is 0.157. The summed E-state index contributed by atoms with van der Waals surface area (Å²) >= 11 is 7.41. The van der Waals surface area contributed by atoms with Crippen LogP contribution in [0.15, 0.2) is 24.4 Å². The zero-order chi connectivity index (χ0) is 16.8. The van der Waals surface area contributed by atoms with Crippen LogP contribution in [-0.4, -0.2) is 17.1 Å². The second kappa shape index (κ2) is 8.03. The van der Waals surface area contributed by atoms with E-state index < -0.39 is 0 Å². The fourth-order valence-corrected chi connectivity index (χ4v) is 2.70. The first kappa shape index (κ1) is 17.4. The fraction of sp³-hybridized carbons (Fsp3) is 0.333. The first-order valence-electron chi connectivity index (χ1n) is 7.28. The van der Waals surface area contributed by atoms with Crippen LogP contribution < -0.4 is 21.1 Å². The minimum atomic E-state index is -0.251. The summed E-state index contributed by atoms with van der Waals surface area (Å²) < 4.78 is 5.61. The molecule has 23 heavy (non-hydrogen) atoms. The molecule has 4 N–H and O–H groups in total. The first-order valence-corrected chi connectivity index (χ1v) is 8.47. The molecule has 0 aliphatic carbocycles. The smallest absolute Gasteiger partial charge is 0.319 e. The van der Waals surface area contributed by atoms with Crippen molar-refractivity contribution in [3.8, 4) is 10.8 Å². The Morgan fingerprint density at radius 2 is 2.17 bits per heavy atom. The predicted octanol–water partition coefficient (Wildman–Crippen LogP) is 4.48. The highest BCUT2D eigenvalue weighted by Gasteiger charge is 2.11. The number of amides is 2. The standard InChI is InChI=1S/C15H19ClN4O2S/c1-3-9(4-2)19-15(21)20-10-5-6-12(11(16)7-10)22-13-8-18-14(17)23-13/h5-9H,3-4H2,1-2H3,(H2,17,18)(H2,19,20,21). The largest absolute Gasteiger partial charge is 0.443 e. The first-order chi connectivity index (χ1) is 11.0. The number of anilines is 2. The molecule has 2 amide bonds. The number of hydrogen-bond acceptors (Lipinski definition) is 5. The van der Waals surface area contributed by atoms with Gasteiger partial charge in [0.05, 0.1) is 11.2 Å². The van der Waals surface area contributed by atoms with Crippen LogP contribution in [0.2, 0.25) is 5.02 Å². The molecular formula is C15H19ClN4O2S. The highest BCUT2D eigenvalue weighted by Crippen LogP contribution is 2.34. The minimum Gasteiger partial charge on any atom is -0.443 e. The maximum atomic E-state index is 11.9. The van der Waals surface area contributed by atoms with Crippen LogP contribution in [0, 0.1) is 0 Å². The van der Waals surface area contributed by atoms with Crippen LogP contribution in [0.3, 0.4) is 0 Å². The summed E-state index contributed by atoms with van der Waals surface area (Å²) in [6, 6.07) is 4.94. The third-order valence-corrected chi connectivity index (χ3v) is 4.22. The Labute approximate surface area is 144 Å². The molecule has 0 radical (unpaired) electrons. The van der Waals surface area contributed by atoms with Crippen molar-refractivity contribution in [3.63, 3.8) is 0 Å². The molecule has 2 aromatic rings. The van der Waals surface area contributed by atoms with E-state index >= 15 is 0 Å². The van der Waals surface area contributed by atoms with Crippen molar-refractivity contribution in [1.29, 1.82) is 0 Å². The highest BCUT2D eigenvalue weighted by atomic mass is 35.5. The number of hydrogen-bond donors (Lipinski definition) is 3. The molecule has 0 aliphatic heterocycles. The lowest BCUT2D eigenvalue weighted by Crippen LogP contribution is -2.37. The summed E-state index contributed by atoms with van der Waals surface area (Å²) in [7, 11) is 0. The lowest BCUT2D eigenvalue weighted by atomic mass is 10.2. The van der Waals surface area contributed by atoms with E-state index in [1.54, 1.807) is 18.2 Å². The number of thiazole rings is 1. The van der Waals surface area contributed by atoms with Crippen LogP contribution in [-0.2, 0) is 0 Å². The van der Waals surface area contributed by atoms with Gasteiger partial charge in [0, 0.05) is 11.7 Å². The van der Waals surface area contributed by atoms with Gasteiger partial charge in [-0.2, -0.15) is 0 Å². The summed E-state index contributed by atoms with van der Waals surface area (Å²) in [5.74, 6) is 0.473. The number of rotatable bonds is 6. The molecule has 1 aromatic heterocycles. The molecule has 0 aliphatic rings. The summed E-state index contributed by atoms with van der Waals surface area (Å²) in [6.45, 7) is 4.06. The average molecular weight is 355 g/mol. The molecule has 1 heterocycles. The van der Waals surface area contributed by atoms with E-state index in [9.17, 15) is 4.79 Å². The number of nitrogens with one attached hydrogen (secondary N) is 2. The highest BCUT2D eigenvalue weighted by molar-refractivity contribution is 7.17. The summed E-state index contributed by atoms with van der Waals surface area (Å²) in [5, 5.41) is 7.02. The number of nitrogens with zero attached hydrogens (tertiary/aromatic N) is 1. The Hall–Kier alpha value is -1.99. The number of carbonyl (C=O) groups excluding carboxylic acids is 1. The van der Waals surface area contributed by atoms with Crippen LogP contribution in [0.1, 0.15) is 26.7 Å². The van der Waals surface area contributed by atoms with Crippen LogP contribution in [0.4, 0.5) is 15.6 Å². The van der Waals surface area contributed by atoms with Crippen molar-refractivity contribution < 1.29 is 9.53 Å². The van der Waals surface area contributed by atoms with Crippen molar-refractivity contribution in [1.82, 2.24) is 10.3 Å². The SMILES string of the molecule is CCC(CC)NC(=O)Nc1ccc(Oc2cnc(N)s2)c(Cl)c1. The van der Waals surface area contributed by atoms with Gasteiger partial charge >= 0.3 is 6.03 Å². The van der Waals surface area contributed by atoms with E-state index in [-0.39, 0.29) is 12.1 Å². The Morgan fingerprint density at radius 1 is 1.43 bits per heavy atom. The number of nitrogens with two attached hydrogens (primary N) is 1. The van der Waals surface area contributed by atoms with Gasteiger partial charge in [0.25, 0.3) is 0 Å². The molecule has 0 saturated carbocycles. The van der Waals surface area contributed by atoms with Gasteiger partial charge in [-0.3, -0.25) is 0 Å². The molecule has 0 saturated heterocycles. The molecule has 8 heteroatoms. The molecule has 0 atom stereocenters. The van der Waals surface area contributed by atoms with Crippen molar-refractivity contribution in [3.05, 3.63) is 29.4 Å². The maximum Gasteiger partial charge on any atom is 0.319 e. The molecule has 0 unspecified atom stereocenters. The summed E-state index contributed by atoms with van der Waals surface area (Å²) in [5.41, 5.74) is 6.14. The maximum absolute atomic E-state index is 11.9. The van der Waals surface area contributed by atoms with Crippen LogP contribution >= 0.6 is 22.9 Å². The van der Waals surface area contributed by atoms with E-state index in [4.69, 9.17) is 22.1 Å². The average Bonchev–Trinajstić information content (AvgIpc) is 2.93. The van der Waals surface area contributed by atoms with Crippen molar-refractivity contribution in [2.45, 2.75) is 32.7 Å². The molecule has 0 bridgehead atoms. The van der Waals surface area contributed by atoms with Gasteiger partial charge in [-0.1, -0.05) is 36.8 Å². The van der Waals surface area contributed by atoms with Gasteiger partial charge < -0.3 is 21.1 Å². The van der Waals surface area contributed by atoms with Gasteiger partial charge in [0.1, 0.15) is 5.75 Å². The quantitative estimate of drug-likeness (QED) is 0.713. The zero-order valence-electron chi connectivity index (χ0n) is 12.9. The van der Waals surface area contributed by atoms with Gasteiger partial charge in [-0.15, -0.1) is 0 Å². The number of nitrogen functional groups attached to an aromatic ring is 1. The van der Waals surface area contributed by atoms with Crippen molar-refractivity contribution in [2.75, 3.05) is 11.1 Å². The number of urea groups is 1. The van der Waals surface area contributed by atoms with Crippen molar-refractivity contribution in [2.24, 2.45) is 0 Å². The molecule has 124 valence electrons. The van der Waals surface area contributed by atoms with E-state index in [0.29, 0.717) is 26.7 Å². The second-order valence-corrected chi connectivity index (χ2v) is 6.31. The molecule has 0 fully saturated rings. The Kier molecular flexibility index (Phi) is 6.06. The van der Waals surface area contributed by atoms with E-state index in [0.717, 1.165) is 12.8 Å². The lowest BCUT2D eigenvalue weighted by molar-refractivity contribution is 0.247. The van der Waals surface area contributed by atoms with E-state index in [2.05, 4.69) is 15.6 Å². The Balaban J connectivity index is 2.00. The third-order valence-electron chi connectivity index (χ3n) is 3.22. The lowest BCUT2D eigenvalue weighted by Gasteiger charge is -2.15. The number of benzene rings is 1. The summed E-state index contributed by atoms with van der Waals surface area (Å²) in [4.78, 5) is 15.8. The third kappa shape index (κ3) is 5.01. The second-order valence-electron chi connectivity index (χ2n) is 4.88. The normalized spacial score (nSPS) is 10.6. The van der Waals surface area contributed by atoms with E-state index in [1.165, 1.54) is 17.5 Å². The molecule has 6 nitrogen and oxygen atoms in total. The van der Waals surface area contributed by atoms with Crippen molar-refractivity contribution >= 4 is 39.8 Å². The predicted molar refractivity (Wildman–Crippen MR) is 94.6 cm³/mol. The number of ether oxygens (including phenoxy) is 1. The van der Waals surface area contributed by atoms with Gasteiger partial charge in [0.2, 0.25) is 5.06 Å². The van der Waals surface area contributed by atoms with Crippen LogP contribution in [0.25, 0.3) is 0 Å². The molecular weight excluding hydrogens is 336 g/mol. The monoisotopic (exact) mass is 354 g/mol. The topological polar surface area (TPSA) is 89.3 Å². The number of aromatic nitrogens is 1. The fourth-order valence-electron chi connectivity index (χ4n) is 1.93. The Bertz CT molecular complexity index is 673. The molecule has 0 spiro atoms. The Morgan fingerprint density at radius 3 is 2.74 bits per heavy atom. The van der Waals surface area contributed by atoms with E-state index in [1.807, 2.05) is 13.8 Å². The van der Waals surface area contributed by atoms with Gasteiger partial charge in [-0.25, -0.2) is 9.78 Å². The number of carbonyl (C=O) groups is 1. The zero-order valence-corrected chi connectivity index (χ0v) is 14.5.